The Hall–Kier alpha value is 0.306. The van der Waals surface area contributed by atoms with Gasteiger partial charge in [0, 0.05) is 0 Å². The van der Waals surface area contributed by atoms with E-state index in [0.717, 1.165) is 0 Å². The Morgan fingerprint density at radius 3 is 1.15 bits per heavy atom. The molecular weight excluding hydrogens is 222 g/mol. The van der Waals surface area contributed by atoms with Gasteiger partial charge in [-0.25, -0.2) is 13.2 Å². The molecule has 0 spiro atoms. The van der Waals surface area contributed by atoms with Crippen LogP contribution >= 0.6 is 0 Å². The summed E-state index contributed by atoms with van der Waals surface area (Å²) in [4.78, 5) is 0. The van der Waals surface area contributed by atoms with Crippen molar-refractivity contribution < 1.29 is 27.1 Å². The van der Waals surface area contributed by atoms with Crippen LogP contribution in [-0.4, -0.2) is 56.5 Å². The van der Waals surface area contributed by atoms with Crippen LogP contribution < -0.4 is 0 Å². The van der Waals surface area contributed by atoms with Gasteiger partial charge in [0.25, 0.3) is 0 Å². The van der Waals surface area contributed by atoms with Crippen LogP contribution in [0.1, 0.15) is 0 Å². The average molecular weight is 224 g/mol. The molecule has 13 heavy (non-hydrogen) atoms. The first kappa shape index (κ1) is 13.3. The summed E-state index contributed by atoms with van der Waals surface area (Å²) >= 11 is 0. The Bertz CT molecular complexity index is 235. The van der Waals surface area contributed by atoms with Crippen LogP contribution in [0.2, 0.25) is 0 Å². The number of phenols is 1. The van der Waals surface area contributed by atoms with E-state index in [1.54, 1.807) is 0 Å². The maximum absolute atomic E-state index is 12.2. The van der Waals surface area contributed by atoms with E-state index in [-0.39, 0.29) is 51.4 Å². The topological polar surface area (TPSA) is 20.2 Å². The molecule has 7 heteroatoms. The number of hydrogen-bond donors (Lipinski definition) is 1. The zero-order valence-electron chi connectivity index (χ0n) is 5.34. The molecule has 1 aromatic rings. The van der Waals surface area contributed by atoms with Gasteiger partial charge in [-0.3, -0.25) is 0 Å². The van der Waals surface area contributed by atoms with Crippen molar-refractivity contribution in [2.45, 2.75) is 0 Å². The second-order valence-electron chi connectivity index (χ2n) is 1.92. The average Bonchev–Trinajstić information content (AvgIpc) is 2.08. The number of rotatable bonds is 0. The molecule has 0 radical (unpaired) electrons. The number of aromatic hydroxyl groups is 1. The van der Waals surface area contributed by atoms with Crippen LogP contribution in [0.5, 0.6) is 5.75 Å². The monoisotopic (exact) mass is 224 g/mol. The first-order valence-corrected chi connectivity index (χ1v) is 2.67. The molecule has 68 valence electrons. The summed E-state index contributed by atoms with van der Waals surface area (Å²) in [6.07, 6.45) is 0. The zero-order valence-corrected chi connectivity index (χ0v) is 5.34. The molecule has 1 nitrogen and oxygen atoms in total. The fourth-order valence-electron chi connectivity index (χ4n) is 0.593. The van der Waals surface area contributed by atoms with E-state index in [4.69, 9.17) is 5.11 Å². The summed E-state index contributed by atoms with van der Waals surface area (Å²) in [7, 11) is 0. The molecule has 0 saturated heterocycles. The molecule has 1 rings (SSSR count). The molecule has 0 atom stereocenters. The van der Waals surface area contributed by atoms with Gasteiger partial charge in [-0.05, 0) is 0 Å². The van der Waals surface area contributed by atoms with Crippen molar-refractivity contribution in [2.24, 2.45) is 0 Å². The molecule has 1 N–H and O–H groups in total. The Morgan fingerprint density at radius 2 is 0.846 bits per heavy atom. The van der Waals surface area contributed by atoms with Gasteiger partial charge >= 0.3 is 51.4 Å². The summed E-state index contributed by atoms with van der Waals surface area (Å²) in [5.74, 6) is -12.9. The third-order valence-electron chi connectivity index (χ3n) is 1.19. The van der Waals surface area contributed by atoms with Crippen molar-refractivity contribution in [3.8, 4) is 5.75 Å². The predicted octanol–water partition coefficient (Wildman–Crippen LogP) is 1.44. The van der Waals surface area contributed by atoms with Gasteiger partial charge in [0.05, 0.1) is 0 Å². The van der Waals surface area contributed by atoms with Crippen molar-refractivity contribution >= 4 is 51.4 Å². The van der Waals surface area contributed by atoms with Crippen LogP contribution in [0.4, 0.5) is 22.0 Å². The minimum atomic E-state index is -2.29. The van der Waals surface area contributed by atoms with Gasteiger partial charge in [-0.1, -0.05) is 0 Å². The second-order valence-corrected chi connectivity index (χ2v) is 1.92. The Balaban J connectivity index is 0.00000144. The third-order valence-corrected chi connectivity index (χ3v) is 1.19. The number of hydrogen-bond acceptors (Lipinski definition) is 1. The van der Waals surface area contributed by atoms with E-state index >= 15 is 0 Å². The normalized spacial score (nSPS) is 9.62. The first-order valence-electron chi connectivity index (χ1n) is 2.67. The SMILES string of the molecule is Oc1c(F)c(F)c(F)c(F)c1F.[KH]. The molecule has 0 fully saturated rings. The summed E-state index contributed by atoms with van der Waals surface area (Å²) in [5, 5.41) is 8.30. The molecule has 0 saturated carbocycles. The molecule has 0 aromatic heterocycles. The maximum atomic E-state index is 12.2. The van der Waals surface area contributed by atoms with Gasteiger partial charge in [0.1, 0.15) is 0 Å². The van der Waals surface area contributed by atoms with Crippen LogP contribution in [0.3, 0.4) is 0 Å². The quantitative estimate of drug-likeness (QED) is 0.306. The molecule has 0 unspecified atom stereocenters. The number of phenolic OH excluding ortho intramolecular Hbond substituents is 1. The standard InChI is InChI=1S/C6HF5O.K.H/c7-1-2(8)4(10)6(12)5(11)3(1)9;;/h12H;;. The fraction of sp³-hybridized carbons (Fsp3) is 0. The van der Waals surface area contributed by atoms with Crippen molar-refractivity contribution in [3.63, 3.8) is 0 Å². The van der Waals surface area contributed by atoms with Crippen molar-refractivity contribution in [1.29, 1.82) is 0 Å². The van der Waals surface area contributed by atoms with Crippen LogP contribution in [0, 0.1) is 29.1 Å². The van der Waals surface area contributed by atoms with E-state index in [0.29, 0.717) is 0 Å². The molecule has 0 bridgehead atoms. The third kappa shape index (κ3) is 2.21. The Morgan fingerprint density at radius 1 is 0.615 bits per heavy atom. The predicted molar refractivity (Wildman–Crippen MR) is 35.0 cm³/mol. The van der Waals surface area contributed by atoms with E-state index in [2.05, 4.69) is 0 Å². The van der Waals surface area contributed by atoms with E-state index in [1.807, 2.05) is 0 Å². The fourth-order valence-corrected chi connectivity index (χ4v) is 0.593. The van der Waals surface area contributed by atoms with Crippen molar-refractivity contribution in [2.75, 3.05) is 0 Å². The second kappa shape index (κ2) is 4.69. The molecule has 0 aliphatic rings. The minimum absolute atomic E-state index is 0. The molecule has 1 aromatic carbocycles. The molecule has 0 aliphatic carbocycles. The Labute approximate surface area is 112 Å². The van der Waals surface area contributed by atoms with Crippen molar-refractivity contribution in [3.05, 3.63) is 29.1 Å². The summed E-state index contributed by atoms with van der Waals surface area (Å²) < 4.78 is 60.6. The van der Waals surface area contributed by atoms with Gasteiger partial charge in [0.15, 0.2) is 5.75 Å². The number of halogens is 5. The van der Waals surface area contributed by atoms with Crippen LogP contribution in [0.15, 0.2) is 0 Å². The van der Waals surface area contributed by atoms with Crippen LogP contribution in [0.25, 0.3) is 0 Å². The summed E-state index contributed by atoms with van der Waals surface area (Å²) in [5.41, 5.74) is 0. The Kier molecular flexibility index (Phi) is 4.80. The van der Waals surface area contributed by atoms with Crippen LogP contribution in [-0.2, 0) is 0 Å². The van der Waals surface area contributed by atoms with E-state index in [1.165, 1.54) is 0 Å². The molecule has 0 heterocycles. The molecular formula is C6H2F5KO. The molecule has 0 amide bonds. The zero-order chi connectivity index (χ0) is 9.46. The van der Waals surface area contributed by atoms with Crippen molar-refractivity contribution in [1.82, 2.24) is 0 Å². The van der Waals surface area contributed by atoms with Gasteiger partial charge in [-0.2, -0.15) is 8.78 Å². The first-order chi connectivity index (χ1) is 5.46. The van der Waals surface area contributed by atoms with Gasteiger partial charge < -0.3 is 5.11 Å². The van der Waals surface area contributed by atoms with Gasteiger partial charge in [0.2, 0.25) is 29.1 Å². The summed E-state index contributed by atoms with van der Waals surface area (Å²) in [6, 6.07) is 0. The van der Waals surface area contributed by atoms with E-state index in [9.17, 15) is 22.0 Å². The van der Waals surface area contributed by atoms with Gasteiger partial charge in [-0.15, -0.1) is 0 Å². The van der Waals surface area contributed by atoms with E-state index < -0.39 is 34.8 Å². The number of benzene rings is 1. The summed E-state index contributed by atoms with van der Waals surface area (Å²) in [6.45, 7) is 0. The molecule has 0 aliphatic heterocycles.